The largest absolute Gasteiger partial charge is 0.496 e. The van der Waals surface area contributed by atoms with Gasteiger partial charge in [0.15, 0.2) is 11.5 Å². The number of halogens is 1. The van der Waals surface area contributed by atoms with Gasteiger partial charge in [0.2, 0.25) is 0 Å². The molecule has 1 saturated carbocycles. The van der Waals surface area contributed by atoms with Crippen molar-refractivity contribution in [2.45, 2.75) is 58.2 Å². The molecule has 38 heavy (non-hydrogen) atoms. The van der Waals surface area contributed by atoms with Gasteiger partial charge in [-0.25, -0.2) is 0 Å². The molecule has 1 atom stereocenters. The van der Waals surface area contributed by atoms with Crippen LogP contribution in [0.5, 0.6) is 17.2 Å². The summed E-state index contributed by atoms with van der Waals surface area (Å²) in [7, 11) is 1.50. The summed E-state index contributed by atoms with van der Waals surface area (Å²) in [5, 5.41) is 3.16. The van der Waals surface area contributed by atoms with Crippen LogP contribution < -0.4 is 25.1 Å². The molecule has 0 radical (unpaired) electrons. The number of hydrogen-bond acceptors (Lipinski definition) is 7. The van der Waals surface area contributed by atoms with Crippen molar-refractivity contribution in [3.8, 4) is 17.2 Å². The molecule has 0 bridgehead atoms. The van der Waals surface area contributed by atoms with Gasteiger partial charge >= 0.3 is 0 Å². The molecule has 3 heterocycles. The Balaban J connectivity index is 1.27. The number of carbonyl (C=O) groups excluding carboxylic acids is 1. The van der Waals surface area contributed by atoms with Crippen molar-refractivity contribution in [2.75, 3.05) is 40.0 Å². The molecule has 2 aliphatic heterocycles. The van der Waals surface area contributed by atoms with Crippen molar-refractivity contribution >= 4 is 17.5 Å². The molecule has 0 spiro atoms. The van der Waals surface area contributed by atoms with Gasteiger partial charge in [0.1, 0.15) is 18.5 Å². The quantitative estimate of drug-likeness (QED) is 0.571. The van der Waals surface area contributed by atoms with E-state index in [4.69, 9.17) is 30.5 Å². The van der Waals surface area contributed by atoms with Gasteiger partial charge < -0.3 is 29.2 Å². The van der Waals surface area contributed by atoms with Crippen LogP contribution in [0.2, 0.25) is 5.02 Å². The smallest absolute Gasteiger partial charge is 0.256 e. The molecule has 3 aliphatic rings. The summed E-state index contributed by atoms with van der Waals surface area (Å²) in [5.74, 6) is 1.47. The number of hydrogen-bond donors (Lipinski definition) is 2. The summed E-state index contributed by atoms with van der Waals surface area (Å²) in [6.45, 7) is 7.74. The van der Waals surface area contributed by atoms with E-state index in [0.29, 0.717) is 63.2 Å². The fraction of sp³-hybridized carbons (Fsp3) is 0.571. The van der Waals surface area contributed by atoms with Crippen LogP contribution in [-0.2, 0) is 11.3 Å². The second kappa shape index (κ2) is 11.6. The molecule has 9 nitrogen and oxygen atoms in total. The highest BCUT2D eigenvalue weighted by atomic mass is 35.5. The molecule has 1 aromatic heterocycles. The maximum Gasteiger partial charge on any atom is 0.256 e. The fourth-order valence-corrected chi connectivity index (χ4v) is 6.13. The van der Waals surface area contributed by atoms with E-state index in [9.17, 15) is 9.59 Å². The van der Waals surface area contributed by atoms with Gasteiger partial charge in [-0.05, 0) is 57.6 Å². The molecule has 206 valence electrons. The number of methoxy groups -OCH3 is 1. The maximum atomic E-state index is 13.2. The van der Waals surface area contributed by atoms with E-state index >= 15 is 0 Å². The van der Waals surface area contributed by atoms with Crippen LogP contribution in [0.25, 0.3) is 0 Å². The van der Waals surface area contributed by atoms with E-state index in [1.807, 2.05) is 6.92 Å². The van der Waals surface area contributed by atoms with E-state index < -0.39 is 0 Å². The van der Waals surface area contributed by atoms with Crippen molar-refractivity contribution in [1.82, 2.24) is 15.2 Å². The Hall–Kier alpha value is -2.75. The lowest BCUT2D eigenvalue weighted by Gasteiger charge is -2.41. The number of fused-ring (bicyclic) bond motifs is 1. The van der Waals surface area contributed by atoms with Crippen LogP contribution in [0, 0.1) is 19.8 Å². The lowest BCUT2D eigenvalue weighted by molar-refractivity contribution is -0.0118. The van der Waals surface area contributed by atoms with Crippen molar-refractivity contribution in [3.63, 3.8) is 0 Å². The van der Waals surface area contributed by atoms with Crippen LogP contribution in [0.3, 0.4) is 0 Å². The second-order valence-corrected chi connectivity index (χ2v) is 10.8. The summed E-state index contributed by atoms with van der Waals surface area (Å²) in [4.78, 5) is 30.9. The Bertz CT molecular complexity index is 1230. The lowest BCUT2D eigenvalue weighted by Crippen LogP contribution is -2.47. The molecule has 2 aromatic rings. The first kappa shape index (κ1) is 26.8. The monoisotopic (exact) mass is 545 g/mol. The normalized spacial score (nSPS) is 23.6. The minimum Gasteiger partial charge on any atom is -0.496 e. The Kier molecular flexibility index (Phi) is 8.16. The molecule has 1 amide bonds. The van der Waals surface area contributed by atoms with Gasteiger partial charge in [0, 0.05) is 36.0 Å². The molecule has 2 fully saturated rings. The van der Waals surface area contributed by atoms with Crippen LogP contribution >= 0.6 is 11.6 Å². The molecule has 1 aromatic carbocycles. The molecule has 10 heteroatoms. The third kappa shape index (κ3) is 5.51. The average molecular weight is 546 g/mol. The van der Waals surface area contributed by atoms with Crippen LogP contribution in [0.15, 0.2) is 16.9 Å². The fourth-order valence-electron chi connectivity index (χ4n) is 5.88. The SMILES string of the molecule is COc1cc(C)[nH]c(=O)c1CNC(=O)c1cc(Cl)c2c(c1C)O[C@@H]([C@H]1CC[C@@H](N3CCOCC3)CC1)CO2. The molecule has 2 N–H and O–H groups in total. The summed E-state index contributed by atoms with van der Waals surface area (Å²) < 4.78 is 23.4. The van der Waals surface area contributed by atoms with Crippen LogP contribution in [-0.4, -0.2) is 68.0 Å². The minimum absolute atomic E-state index is 0.0120. The Morgan fingerprint density at radius 2 is 1.89 bits per heavy atom. The van der Waals surface area contributed by atoms with Gasteiger partial charge in [0.25, 0.3) is 11.5 Å². The number of pyridine rings is 1. The Labute approximate surface area is 227 Å². The number of aromatic nitrogens is 1. The van der Waals surface area contributed by atoms with Crippen LogP contribution in [0.4, 0.5) is 0 Å². The van der Waals surface area contributed by atoms with Crippen molar-refractivity contribution in [1.29, 1.82) is 0 Å². The standard InChI is InChI=1S/C28H36ClN3O6/c1-16-12-23(35-3)21(28(34)31-16)14-30-27(33)20-13-22(29)26-25(17(20)2)38-24(15-37-26)18-4-6-19(7-5-18)32-8-10-36-11-9-32/h12-13,18-19,24H,4-11,14-15H2,1-3H3,(H,30,33)(H,31,34)/t18-,19+,24-/m1/s1. The lowest BCUT2D eigenvalue weighted by atomic mass is 9.82. The molecule has 5 rings (SSSR count). The second-order valence-electron chi connectivity index (χ2n) is 10.4. The number of amides is 1. The van der Waals surface area contributed by atoms with Gasteiger partial charge in [0.05, 0.1) is 37.5 Å². The van der Waals surface area contributed by atoms with E-state index in [0.717, 1.165) is 52.0 Å². The number of benzene rings is 1. The zero-order valence-electron chi connectivity index (χ0n) is 22.2. The van der Waals surface area contributed by atoms with Gasteiger partial charge in [-0.2, -0.15) is 0 Å². The molecule has 0 unspecified atom stereocenters. The molecule has 1 saturated heterocycles. The van der Waals surface area contributed by atoms with Gasteiger partial charge in [-0.3, -0.25) is 14.5 Å². The van der Waals surface area contributed by atoms with Crippen molar-refractivity contribution < 1.29 is 23.7 Å². The van der Waals surface area contributed by atoms with Crippen molar-refractivity contribution in [2.24, 2.45) is 5.92 Å². The number of aromatic amines is 1. The zero-order chi connectivity index (χ0) is 26.8. The average Bonchev–Trinajstić information content (AvgIpc) is 2.94. The van der Waals surface area contributed by atoms with E-state index in [1.54, 1.807) is 19.1 Å². The maximum absolute atomic E-state index is 13.2. The number of nitrogens with one attached hydrogen (secondary N) is 2. The zero-order valence-corrected chi connectivity index (χ0v) is 23.0. The third-order valence-electron chi connectivity index (χ3n) is 8.05. The first-order chi connectivity index (χ1) is 18.4. The predicted octanol–water partition coefficient (Wildman–Crippen LogP) is 3.61. The van der Waals surface area contributed by atoms with Gasteiger partial charge in [-0.15, -0.1) is 0 Å². The number of nitrogens with zero attached hydrogens (tertiary/aromatic N) is 1. The number of aryl methyl sites for hydroxylation is 1. The first-order valence-corrected chi connectivity index (χ1v) is 13.7. The Morgan fingerprint density at radius 1 is 1.16 bits per heavy atom. The summed E-state index contributed by atoms with van der Waals surface area (Å²) in [6, 6.07) is 3.93. The number of rotatable bonds is 6. The van der Waals surface area contributed by atoms with Crippen LogP contribution in [0.1, 0.15) is 52.9 Å². The summed E-state index contributed by atoms with van der Waals surface area (Å²) >= 11 is 6.53. The van der Waals surface area contributed by atoms with E-state index in [1.165, 1.54) is 7.11 Å². The highest BCUT2D eigenvalue weighted by Crippen LogP contribution is 2.45. The van der Waals surface area contributed by atoms with E-state index in [2.05, 4.69) is 15.2 Å². The summed E-state index contributed by atoms with van der Waals surface area (Å²) in [6.07, 6.45) is 4.34. The summed E-state index contributed by atoms with van der Waals surface area (Å²) in [5.41, 5.74) is 1.78. The highest BCUT2D eigenvalue weighted by Gasteiger charge is 2.36. The topological polar surface area (TPSA) is 102 Å². The predicted molar refractivity (Wildman–Crippen MR) is 144 cm³/mol. The third-order valence-corrected chi connectivity index (χ3v) is 8.33. The molecular weight excluding hydrogens is 510 g/mol. The first-order valence-electron chi connectivity index (χ1n) is 13.3. The molecular formula is C28H36ClN3O6. The molecule has 1 aliphatic carbocycles. The number of H-pyrrole nitrogens is 1. The highest BCUT2D eigenvalue weighted by molar-refractivity contribution is 6.32. The Morgan fingerprint density at radius 3 is 2.61 bits per heavy atom. The van der Waals surface area contributed by atoms with E-state index in [-0.39, 0.29) is 24.1 Å². The van der Waals surface area contributed by atoms with Gasteiger partial charge in [-0.1, -0.05) is 11.6 Å². The van der Waals surface area contributed by atoms with Crippen molar-refractivity contribution in [3.05, 3.63) is 49.9 Å². The number of morpholine rings is 1. The minimum atomic E-state index is -0.356. The number of carbonyl (C=O) groups is 1. The number of ether oxygens (including phenoxy) is 4.